The van der Waals surface area contributed by atoms with Gasteiger partial charge in [0.05, 0.1) is 5.92 Å². The number of hydrogen-bond donors (Lipinski definition) is 1. The van der Waals surface area contributed by atoms with Gasteiger partial charge in [-0.3, -0.25) is 9.59 Å². The van der Waals surface area contributed by atoms with Gasteiger partial charge in [-0.1, -0.05) is 37.3 Å². The number of carboxylic acids is 1. The van der Waals surface area contributed by atoms with Crippen LogP contribution < -0.4 is 0 Å². The molecular weight excluding hydrogens is 280 g/mol. The molecule has 1 N–H and O–H groups in total. The molecule has 1 amide bonds. The second-order valence-electron chi connectivity index (χ2n) is 5.57. The van der Waals surface area contributed by atoms with Crippen LogP contribution in [0.5, 0.6) is 0 Å². The lowest BCUT2D eigenvalue weighted by molar-refractivity contribution is -0.142. The number of carboxylic acid groups (broad SMARTS) is 1. The molecule has 0 bridgehead atoms. The summed E-state index contributed by atoms with van der Waals surface area (Å²) in [4.78, 5) is 26.9. The van der Waals surface area contributed by atoms with E-state index in [1.54, 1.807) is 17.9 Å². The van der Waals surface area contributed by atoms with Gasteiger partial charge in [0.15, 0.2) is 0 Å². The van der Waals surface area contributed by atoms with Crippen molar-refractivity contribution in [2.45, 2.75) is 6.92 Å². The molecule has 0 fully saturated rings. The normalized spacial score (nSPS) is 12.5. The van der Waals surface area contributed by atoms with Gasteiger partial charge in [0, 0.05) is 25.7 Å². The zero-order chi connectivity index (χ0) is 16.5. The van der Waals surface area contributed by atoms with E-state index in [9.17, 15) is 9.59 Å². The third kappa shape index (κ3) is 6.54. The summed E-state index contributed by atoms with van der Waals surface area (Å²) in [6.07, 6.45) is 3.25. The Hall–Kier alpha value is -2.14. The zero-order valence-corrected chi connectivity index (χ0v) is 13.4. The lowest BCUT2D eigenvalue weighted by Gasteiger charge is -2.24. The van der Waals surface area contributed by atoms with E-state index in [-0.39, 0.29) is 12.5 Å². The van der Waals surface area contributed by atoms with Crippen LogP contribution in [-0.4, -0.2) is 60.5 Å². The summed E-state index contributed by atoms with van der Waals surface area (Å²) >= 11 is 0. The molecule has 0 saturated carbocycles. The van der Waals surface area contributed by atoms with E-state index < -0.39 is 11.9 Å². The van der Waals surface area contributed by atoms with Crippen LogP contribution in [0.4, 0.5) is 0 Å². The van der Waals surface area contributed by atoms with Gasteiger partial charge in [-0.2, -0.15) is 0 Å². The van der Waals surface area contributed by atoms with Crippen molar-refractivity contribution < 1.29 is 14.7 Å². The predicted molar refractivity (Wildman–Crippen MR) is 87.4 cm³/mol. The maximum absolute atomic E-state index is 12.3. The van der Waals surface area contributed by atoms with E-state index >= 15 is 0 Å². The lowest BCUT2D eigenvalue weighted by atomic mass is 10.1. The molecule has 1 aromatic carbocycles. The largest absolute Gasteiger partial charge is 0.481 e. The maximum Gasteiger partial charge on any atom is 0.308 e. The summed E-state index contributed by atoms with van der Waals surface area (Å²) in [6.45, 7) is 3.01. The SMILES string of the molecule is CC(CN(CCN(C)C)C(=O)/C=C/c1ccccc1)C(=O)O. The van der Waals surface area contributed by atoms with Crippen molar-refractivity contribution in [3.63, 3.8) is 0 Å². The second-order valence-corrected chi connectivity index (χ2v) is 5.57. The molecule has 1 rings (SSSR count). The highest BCUT2D eigenvalue weighted by Gasteiger charge is 2.19. The minimum atomic E-state index is -0.894. The van der Waals surface area contributed by atoms with Crippen molar-refractivity contribution in [2.24, 2.45) is 5.92 Å². The summed E-state index contributed by atoms with van der Waals surface area (Å²) in [6, 6.07) is 9.54. The molecule has 0 aliphatic rings. The van der Waals surface area contributed by atoms with Gasteiger partial charge in [0.2, 0.25) is 5.91 Å². The van der Waals surface area contributed by atoms with Crippen LogP contribution in [0.3, 0.4) is 0 Å². The Kier molecular flexibility index (Phi) is 7.32. The van der Waals surface area contributed by atoms with E-state index in [1.165, 1.54) is 6.08 Å². The molecule has 0 aliphatic carbocycles. The summed E-state index contributed by atoms with van der Waals surface area (Å²) < 4.78 is 0. The molecule has 0 aromatic heterocycles. The fraction of sp³-hybridized carbons (Fsp3) is 0.412. The summed E-state index contributed by atoms with van der Waals surface area (Å²) in [7, 11) is 3.84. The molecule has 1 aromatic rings. The Morgan fingerprint density at radius 3 is 2.36 bits per heavy atom. The number of nitrogens with zero attached hydrogens (tertiary/aromatic N) is 2. The molecule has 0 spiro atoms. The zero-order valence-electron chi connectivity index (χ0n) is 13.4. The molecule has 120 valence electrons. The first-order chi connectivity index (χ1) is 10.4. The van der Waals surface area contributed by atoms with Gasteiger partial charge in [0.1, 0.15) is 0 Å². The number of benzene rings is 1. The van der Waals surface area contributed by atoms with Gasteiger partial charge >= 0.3 is 5.97 Å². The van der Waals surface area contributed by atoms with Crippen LogP contribution in [0.25, 0.3) is 6.08 Å². The van der Waals surface area contributed by atoms with E-state index in [1.807, 2.05) is 49.3 Å². The third-order valence-corrected chi connectivity index (χ3v) is 3.26. The third-order valence-electron chi connectivity index (χ3n) is 3.26. The van der Waals surface area contributed by atoms with E-state index in [4.69, 9.17) is 5.11 Å². The number of hydrogen-bond acceptors (Lipinski definition) is 3. The molecule has 1 unspecified atom stereocenters. The number of amides is 1. The fourth-order valence-electron chi connectivity index (χ4n) is 1.86. The van der Waals surface area contributed by atoms with Crippen molar-refractivity contribution in [1.82, 2.24) is 9.80 Å². The van der Waals surface area contributed by atoms with Gasteiger partial charge in [-0.15, -0.1) is 0 Å². The molecule has 0 aliphatic heterocycles. The second kappa shape index (κ2) is 9.00. The van der Waals surface area contributed by atoms with Crippen LogP contribution in [0.2, 0.25) is 0 Å². The van der Waals surface area contributed by atoms with Gasteiger partial charge < -0.3 is 14.9 Å². The predicted octanol–water partition coefficient (Wildman–Crippen LogP) is 1.81. The summed E-state index contributed by atoms with van der Waals surface area (Å²) in [5.74, 6) is -1.65. The smallest absolute Gasteiger partial charge is 0.308 e. The number of rotatable bonds is 8. The number of carbonyl (C=O) groups is 2. The van der Waals surface area contributed by atoms with Crippen LogP contribution in [0.15, 0.2) is 36.4 Å². The average molecular weight is 304 g/mol. The monoisotopic (exact) mass is 304 g/mol. The van der Waals surface area contributed by atoms with Crippen LogP contribution in [0.1, 0.15) is 12.5 Å². The van der Waals surface area contributed by atoms with Gasteiger partial charge in [0.25, 0.3) is 0 Å². The quantitative estimate of drug-likeness (QED) is 0.744. The summed E-state index contributed by atoms with van der Waals surface area (Å²) in [5.41, 5.74) is 0.940. The first-order valence-electron chi connectivity index (χ1n) is 7.29. The summed E-state index contributed by atoms with van der Waals surface area (Å²) in [5, 5.41) is 9.03. The minimum absolute atomic E-state index is 0.168. The highest BCUT2D eigenvalue weighted by molar-refractivity contribution is 5.92. The Morgan fingerprint density at radius 1 is 1.18 bits per heavy atom. The molecular formula is C17H24N2O3. The van der Waals surface area contributed by atoms with E-state index in [0.717, 1.165) is 5.56 Å². The molecule has 5 nitrogen and oxygen atoms in total. The molecule has 0 radical (unpaired) electrons. The fourth-order valence-corrected chi connectivity index (χ4v) is 1.86. The topological polar surface area (TPSA) is 60.9 Å². The van der Waals surface area contributed by atoms with Gasteiger partial charge in [-0.25, -0.2) is 0 Å². The van der Waals surface area contributed by atoms with Crippen molar-refractivity contribution >= 4 is 18.0 Å². The van der Waals surface area contributed by atoms with Crippen molar-refractivity contribution in [3.8, 4) is 0 Å². The minimum Gasteiger partial charge on any atom is -0.481 e. The standard InChI is InChI=1S/C17H24N2O3/c1-14(17(21)22)13-19(12-11-18(2)3)16(20)10-9-15-7-5-4-6-8-15/h4-10,14H,11-13H2,1-3H3,(H,21,22)/b10-9+. The van der Waals surface area contributed by atoms with Crippen LogP contribution in [0, 0.1) is 5.92 Å². The Bertz CT molecular complexity index is 512. The van der Waals surface area contributed by atoms with Crippen LogP contribution >= 0.6 is 0 Å². The first kappa shape index (κ1) is 17.9. The Balaban J connectivity index is 2.73. The number of aliphatic carboxylic acids is 1. The molecule has 0 saturated heterocycles. The number of carbonyl (C=O) groups excluding carboxylic acids is 1. The van der Waals surface area contributed by atoms with E-state index in [2.05, 4.69) is 0 Å². The molecule has 1 atom stereocenters. The maximum atomic E-state index is 12.3. The highest BCUT2D eigenvalue weighted by atomic mass is 16.4. The molecule has 22 heavy (non-hydrogen) atoms. The molecule has 0 heterocycles. The number of likely N-dealkylation sites (N-methyl/N-ethyl adjacent to an activating group) is 1. The van der Waals surface area contributed by atoms with Gasteiger partial charge in [-0.05, 0) is 25.7 Å². The lowest BCUT2D eigenvalue weighted by Crippen LogP contribution is -2.40. The highest BCUT2D eigenvalue weighted by Crippen LogP contribution is 2.05. The Labute approximate surface area is 131 Å². The van der Waals surface area contributed by atoms with E-state index in [0.29, 0.717) is 13.1 Å². The van der Waals surface area contributed by atoms with Crippen molar-refractivity contribution in [2.75, 3.05) is 33.7 Å². The van der Waals surface area contributed by atoms with Crippen LogP contribution in [-0.2, 0) is 9.59 Å². The van der Waals surface area contributed by atoms with Crippen molar-refractivity contribution in [3.05, 3.63) is 42.0 Å². The Morgan fingerprint density at radius 2 is 1.82 bits per heavy atom. The molecule has 5 heteroatoms. The average Bonchev–Trinajstić information content (AvgIpc) is 2.49. The first-order valence-corrected chi connectivity index (χ1v) is 7.29. The van der Waals surface area contributed by atoms with Crippen molar-refractivity contribution in [1.29, 1.82) is 0 Å².